The second kappa shape index (κ2) is 2.77. The van der Waals surface area contributed by atoms with Crippen LogP contribution in [0.25, 0.3) is 0 Å². The highest BCUT2D eigenvalue weighted by Gasteiger charge is 2.56. The van der Waals surface area contributed by atoms with Gasteiger partial charge < -0.3 is 0 Å². The molecule has 0 radical (unpaired) electrons. The molecule has 0 heterocycles. The van der Waals surface area contributed by atoms with Crippen LogP contribution < -0.4 is 0 Å². The first-order valence-electron chi connectivity index (χ1n) is 4.50. The van der Waals surface area contributed by atoms with Gasteiger partial charge in [-0.25, -0.2) is 0 Å². The molecule has 1 aliphatic carbocycles. The lowest BCUT2D eigenvalue weighted by atomic mass is 9.97. The van der Waals surface area contributed by atoms with E-state index in [-0.39, 0.29) is 9.74 Å². The average Bonchev–Trinajstić information content (AvgIpc) is 2.37. The van der Waals surface area contributed by atoms with Crippen molar-refractivity contribution >= 4 is 15.9 Å². The fraction of sp³-hybridized carbons (Fsp3) is 0.818. The van der Waals surface area contributed by atoms with Gasteiger partial charge >= 0.3 is 0 Å². The van der Waals surface area contributed by atoms with E-state index in [0.29, 0.717) is 11.8 Å². The van der Waals surface area contributed by atoms with Crippen LogP contribution in [0, 0.1) is 29.1 Å². The van der Waals surface area contributed by atoms with Crippen LogP contribution in [0.3, 0.4) is 0 Å². The van der Waals surface area contributed by atoms with Gasteiger partial charge in [0.15, 0.2) is 0 Å². The van der Waals surface area contributed by atoms with E-state index >= 15 is 0 Å². The number of halogens is 1. The standard InChI is InChI=1S/C11H17Br/c1-8-9(2)11(8,12)7-6-10(3,4)5/h8-9H,1-5H3/t8-,9?,11?/m1/s1. The first-order valence-corrected chi connectivity index (χ1v) is 5.30. The lowest BCUT2D eigenvalue weighted by molar-refractivity contribution is 0.570. The number of hydrogen-bond donors (Lipinski definition) is 0. The predicted octanol–water partition coefficient (Wildman–Crippen LogP) is 3.46. The normalized spacial score (nSPS) is 40.2. The van der Waals surface area contributed by atoms with E-state index in [9.17, 15) is 0 Å². The molecule has 0 spiro atoms. The van der Waals surface area contributed by atoms with Crippen molar-refractivity contribution in [3.05, 3.63) is 0 Å². The molecule has 0 nitrogen and oxygen atoms in total. The van der Waals surface area contributed by atoms with Crippen LogP contribution in [-0.2, 0) is 0 Å². The summed E-state index contributed by atoms with van der Waals surface area (Å²) in [7, 11) is 0. The van der Waals surface area contributed by atoms with Gasteiger partial charge in [0.1, 0.15) is 0 Å². The van der Waals surface area contributed by atoms with Gasteiger partial charge in [0, 0.05) is 5.41 Å². The van der Waals surface area contributed by atoms with Crippen molar-refractivity contribution in [3.63, 3.8) is 0 Å². The maximum atomic E-state index is 3.70. The Labute approximate surface area is 84.2 Å². The Balaban J connectivity index is 2.69. The van der Waals surface area contributed by atoms with Gasteiger partial charge in [0.2, 0.25) is 0 Å². The van der Waals surface area contributed by atoms with Gasteiger partial charge in [-0.15, -0.1) is 0 Å². The van der Waals surface area contributed by atoms with E-state index in [0.717, 1.165) is 0 Å². The summed E-state index contributed by atoms with van der Waals surface area (Å²) in [5.74, 6) is 8.03. The molecule has 1 aliphatic rings. The molecular weight excluding hydrogens is 212 g/mol. The Bertz CT molecular complexity index is 228. The summed E-state index contributed by atoms with van der Waals surface area (Å²) >= 11 is 3.70. The molecular formula is C11H17Br. The summed E-state index contributed by atoms with van der Waals surface area (Å²) in [6.45, 7) is 10.9. The first kappa shape index (κ1) is 10.1. The zero-order valence-electron chi connectivity index (χ0n) is 8.53. The van der Waals surface area contributed by atoms with Crippen LogP contribution in [0.2, 0.25) is 0 Å². The number of rotatable bonds is 0. The SMILES string of the molecule is CC1[C@@H](C)C1(Br)C#CC(C)(C)C. The summed E-state index contributed by atoms with van der Waals surface area (Å²) in [5.41, 5.74) is 0.128. The molecule has 0 saturated heterocycles. The highest BCUT2D eigenvalue weighted by molar-refractivity contribution is 9.10. The molecule has 0 aromatic carbocycles. The second-order valence-corrected chi connectivity index (χ2v) is 6.16. The molecule has 2 unspecified atom stereocenters. The van der Waals surface area contributed by atoms with E-state index in [1.807, 2.05) is 0 Å². The molecule has 0 aromatic rings. The molecule has 1 saturated carbocycles. The van der Waals surface area contributed by atoms with Gasteiger partial charge in [-0.1, -0.05) is 41.6 Å². The van der Waals surface area contributed by atoms with Crippen molar-refractivity contribution in [1.29, 1.82) is 0 Å². The molecule has 0 aliphatic heterocycles. The van der Waals surface area contributed by atoms with Gasteiger partial charge in [0.05, 0.1) is 4.32 Å². The van der Waals surface area contributed by atoms with Gasteiger partial charge in [-0.2, -0.15) is 0 Å². The topological polar surface area (TPSA) is 0 Å². The Morgan fingerprint density at radius 3 is 1.83 bits per heavy atom. The summed E-state index contributed by atoms with van der Waals surface area (Å²) in [4.78, 5) is 0. The fourth-order valence-corrected chi connectivity index (χ4v) is 2.00. The molecule has 68 valence electrons. The molecule has 1 fully saturated rings. The molecule has 1 rings (SSSR count). The monoisotopic (exact) mass is 228 g/mol. The maximum Gasteiger partial charge on any atom is 0.0919 e. The Hall–Kier alpha value is 0.0400. The van der Waals surface area contributed by atoms with Crippen LogP contribution in [0.5, 0.6) is 0 Å². The van der Waals surface area contributed by atoms with Crippen LogP contribution in [-0.4, -0.2) is 4.32 Å². The highest BCUT2D eigenvalue weighted by atomic mass is 79.9. The minimum Gasteiger partial charge on any atom is -0.0959 e. The number of alkyl halides is 1. The van der Waals surface area contributed by atoms with Crippen LogP contribution in [0.4, 0.5) is 0 Å². The third-order valence-corrected chi connectivity index (χ3v) is 4.24. The van der Waals surface area contributed by atoms with Crippen LogP contribution in [0.1, 0.15) is 34.6 Å². The largest absolute Gasteiger partial charge is 0.0959 e. The lowest BCUT2D eigenvalue weighted by Gasteiger charge is -2.08. The molecule has 3 atom stereocenters. The molecule has 0 N–H and O–H groups in total. The maximum absolute atomic E-state index is 3.70. The predicted molar refractivity (Wildman–Crippen MR) is 57.2 cm³/mol. The highest BCUT2D eigenvalue weighted by Crippen LogP contribution is 2.56. The molecule has 0 amide bonds. The zero-order chi connectivity index (χ0) is 9.57. The second-order valence-electron chi connectivity index (χ2n) is 4.85. The minimum atomic E-state index is 0.125. The number of hydrogen-bond acceptors (Lipinski definition) is 0. The third-order valence-electron chi connectivity index (χ3n) is 2.60. The lowest BCUT2D eigenvalue weighted by Crippen LogP contribution is -2.04. The average molecular weight is 229 g/mol. The molecule has 1 heteroatoms. The van der Waals surface area contributed by atoms with Crippen molar-refractivity contribution in [2.75, 3.05) is 0 Å². The van der Waals surface area contributed by atoms with Crippen LogP contribution >= 0.6 is 15.9 Å². The van der Waals surface area contributed by atoms with Crippen molar-refractivity contribution in [2.24, 2.45) is 17.3 Å². The van der Waals surface area contributed by atoms with E-state index in [1.54, 1.807) is 0 Å². The van der Waals surface area contributed by atoms with E-state index in [4.69, 9.17) is 0 Å². The molecule has 0 bridgehead atoms. The Morgan fingerprint density at radius 1 is 1.17 bits per heavy atom. The zero-order valence-corrected chi connectivity index (χ0v) is 10.1. The first-order chi connectivity index (χ1) is 5.27. The van der Waals surface area contributed by atoms with Crippen LogP contribution in [0.15, 0.2) is 0 Å². The fourth-order valence-electron chi connectivity index (χ4n) is 1.24. The Morgan fingerprint density at radius 2 is 1.58 bits per heavy atom. The van der Waals surface area contributed by atoms with Crippen molar-refractivity contribution in [2.45, 2.75) is 38.9 Å². The third kappa shape index (κ3) is 1.85. The minimum absolute atomic E-state index is 0.125. The van der Waals surface area contributed by atoms with Gasteiger partial charge in [-0.3, -0.25) is 0 Å². The summed E-state index contributed by atoms with van der Waals surface area (Å²) in [6.07, 6.45) is 0. The Kier molecular flexibility index (Phi) is 2.34. The van der Waals surface area contributed by atoms with Crippen molar-refractivity contribution in [3.8, 4) is 11.8 Å². The van der Waals surface area contributed by atoms with Gasteiger partial charge in [-0.05, 0) is 32.6 Å². The molecule has 0 aromatic heterocycles. The van der Waals surface area contributed by atoms with E-state index in [1.165, 1.54) is 0 Å². The van der Waals surface area contributed by atoms with E-state index < -0.39 is 0 Å². The summed E-state index contributed by atoms with van der Waals surface area (Å²) < 4.78 is 0.125. The van der Waals surface area contributed by atoms with E-state index in [2.05, 4.69) is 62.4 Å². The summed E-state index contributed by atoms with van der Waals surface area (Å²) in [5, 5.41) is 0. The van der Waals surface area contributed by atoms with Crippen molar-refractivity contribution < 1.29 is 0 Å². The van der Waals surface area contributed by atoms with Gasteiger partial charge in [0.25, 0.3) is 0 Å². The quantitative estimate of drug-likeness (QED) is 0.441. The molecule has 12 heavy (non-hydrogen) atoms. The van der Waals surface area contributed by atoms with Crippen molar-refractivity contribution in [1.82, 2.24) is 0 Å². The summed E-state index contributed by atoms with van der Waals surface area (Å²) in [6, 6.07) is 0. The smallest absolute Gasteiger partial charge is 0.0919 e.